The van der Waals surface area contributed by atoms with Crippen molar-refractivity contribution < 1.29 is 14.1 Å². The number of nitrogens with one attached hydrogen (secondary N) is 2. The Balaban J connectivity index is 1.84. The second kappa shape index (κ2) is 8.56. The molecule has 0 saturated heterocycles. The number of aryl methyl sites for hydroxylation is 1. The fourth-order valence-corrected chi connectivity index (χ4v) is 3.02. The van der Waals surface area contributed by atoms with E-state index in [-0.39, 0.29) is 11.7 Å². The number of aromatic nitrogens is 2. The van der Waals surface area contributed by atoms with E-state index in [9.17, 15) is 9.59 Å². The van der Waals surface area contributed by atoms with Crippen LogP contribution in [-0.4, -0.2) is 28.4 Å². The molecule has 0 fully saturated rings. The van der Waals surface area contributed by atoms with Crippen LogP contribution in [-0.2, 0) is 0 Å². The molecule has 28 heavy (non-hydrogen) atoms. The lowest BCUT2D eigenvalue weighted by Crippen LogP contribution is -2.28. The van der Waals surface area contributed by atoms with Gasteiger partial charge in [-0.3, -0.25) is 9.59 Å². The monoisotopic (exact) mass is 443 g/mol. The number of benzene rings is 1. The number of carbonyl (C=O) groups is 2. The Bertz CT molecular complexity index is 989. The number of halogens is 1. The highest BCUT2D eigenvalue weighted by atomic mass is 79.9. The molecule has 0 radical (unpaired) electrons. The van der Waals surface area contributed by atoms with Crippen molar-refractivity contribution >= 4 is 27.6 Å². The summed E-state index contributed by atoms with van der Waals surface area (Å²) < 4.78 is 6.22. The van der Waals surface area contributed by atoms with Crippen molar-refractivity contribution in [3.05, 3.63) is 63.6 Å². The molecule has 0 bridgehead atoms. The van der Waals surface area contributed by atoms with Crippen LogP contribution in [0.15, 0.2) is 45.5 Å². The van der Waals surface area contributed by atoms with Crippen molar-refractivity contribution in [3.8, 4) is 11.3 Å². The van der Waals surface area contributed by atoms with E-state index < -0.39 is 0 Å². The Morgan fingerprint density at radius 1 is 1.29 bits per heavy atom. The molecule has 0 aliphatic rings. The average Bonchev–Trinajstić information content (AvgIpc) is 3.33. The first-order chi connectivity index (χ1) is 13.4. The minimum Gasteiger partial charge on any atom is -0.360 e. The van der Waals surface area contributed by atoms with Gasteiger partial charge in [0.15, 0.2) is 5.78 Å². The van der Waals surface area contributed by atoms with Crippen LogP contribution < -0.4 is 5.32 Å². The fraction of sp³-hybridized carbons (Fsp3) is 0.286. The van der Waals surface area contributed by atoms with Crippen molar-refractivity contribution in [2.24, 2.45) is 5.92 Å². The summed E-state index contributed by atoms with van der Waals surface area (Å²) in [5, 5.41) is 6.94. The number of nitrogens with zero attached hydrogens (tertiary/aromatic N) is 1. The van der Waals surface area contributed by atoms with Crippen LogP contribution in [0.2, 0.25) is 0 Å². The highest BCUT2D eigenvalue weighted by Gasteiger charge is 2.24. The Morgan fingerprint density at radius 2 is 2.00 bits per heavy atom. The predicted molar refractivity (Wildman–Crippen MR) is 110 cm³/mol. The molecule has 3 rings (SSSR count). The number of hydrogen-bond acceptors (Lipinski definition) is 4. The van der Waals surface area contributed by atoms with E-state index in [1.807, 2.05) is 24.3 Å². The molecule has 1 unspecified atom stereocenters. The first kappa shape index (κ1) is 20.1. The van der Waals surface area contributed by atoms with Crippen molar-refractivity contribution in [2.45, 2.75) is 27.2 Å². The molecule has 146 valence electrons. The van der Waals surface area contributed by atoms with Gasteiger partial charge < -0.3 is 14.8 Å². The lowest BCUT2D eigenvalue weighted by molar-refractivity contribution is 0.0943. The molecule has 0 saturated carbocycles. The lowest BCUT2D eigenvalue weighted by atomic mass is 9.99. The normalized spacial score (nSPS) is 12.0. The van der Waals surface area contributed by atoms with E-state index in [4.69, 9.17) is 4.52 Å². The summed E-state index contributed by atoms with van der Waals surface area (Å²) in [5.41, 5.74) is 2.40. The second-order valence-electron chi connectivity index (χ2n) is 6.82. The van der Waals surface area contributed by atoms with Gasteiger partial charge in [0.1, 0.15) is 17.1 Å². The molecule has 1 aromatic carbocycles. The summed E-state index contributed by atoms with van der Waals surface area (Å²) >= 11 is 3.40. The third kappa shape index (κ3) is 4.25. The number of rotatable bonds is 7. The van der Waals surface area contributed by atoms with Crippen molar-refractivity contribution in [3.63, 3.8) is 0 Å². The second-order valence-corrected chi connectivity index (χ2v) is 7.74. The van der Waals surface area contributed by atoms with E-state index in [1.54, 1.807) is 13.0 Å². The average molecular weight is 444 g/mol. The van der Waals surface area contributed by atoms with Crippen molar-refractivity contribution in [1.82, 2.24) is 15.5 Å². The highest BCUT2D eigenvalue weighted by Crippen LogP contribution is 2.28. The van der Waals surface area contributed by atoms with Gasteiger partial charge in [0, 0.05) is 28.3 Å². The smallest absolute Gasteiger partial charge is 0.267 e. The first-order valence-corrected chi connectivity index (χ1v) is 9.93. The number of ketones is 1. The molecule has 0 aliphatic carbocycles. The molecule has 2 heterocycles. The maximum atomic E-state index is 13.1. The highest BCUT2D eigenvalue weighted by molar-refractivity contribution is 9.10. The van der Waals surface area contributed by atoms with Gasteiger partial charge in [-0.1, -0.05) is 53.5 Å². The predicted octanol–water partition coefficient (Wildman–Crippen LogP) is 4.75. The summed E-state index contributed by atoms with van der Waals surface area (Å²) in [4.78, 5) is 28.2. The van der Waals surface area contributed by atoms with Crippen LogP contribution in [0.1, 0.15) is 52.4 Å². The van der Waals surface area contributed by atoms with E-state index in [2.05, 4.69) is 45.2 Å². The van der Waals surface area contributed by atoms with Gasteiger partial charge in [-0.2, -0.15) is 0 Å². The Hall–Kier alpha value is -2.67. The Labute approximate surface area is 171 Å². The van der Waals surface area contributed by atoms with Gasteiger partial charge in [-0.05, 0) is 31.0 Å². The van der Waals surface area contributed by atoms with E-state index in [1.165, 1.54) is 6.20 Å². The zero-order chi connectivity index (χ0) is 20.3. The van der Waals surface area contributed by atoms with Crippen LogP contribution in [0.4, 0.5) is 0 Å². The third-order valence-corrected chi connectivity index (χ3v) is 5.23. The molecule has 1 atom stereocenters. The van der Waals surface area contributed by atoms with Crippen LogP contribution in [0.5, 0.6) is 0 Å². The number of H-pyrrole nitrogens is 1. The maximum Gasteiger partial charge on any atom is 0.267 e. The molecule has 2 aromatic heterocycles. The summed E-state index contributed by atoms with van der Waals surface area (Å²) in [5.74, 6) is 0.364. The summed E-state index contributed by atoms with van der Waals surface area (Å²) in [7, 11) is 0. The topological polar surface area (TPSA) is 88.0 Å². The summed E-state index contributed by atoms with van der Waals surface area (Å²) in [6.07, 6.45) is 2.53. The van der Waals surface area contributed by atoms with Gasteiger partial charge in [0.2, 0.25) is 0 Å². The van der Waals surface area contributed by atoms with Crippen LogP contribution >= 0.6 is 15.9 Å². The molecule has 0 aliphatic heterocycles. The summed E-state index contributed by atoms with van der Waals surface area (Å²) in [6.45, 7) is 6.44. The van der Waals surface area contributed by atoms with Crippen LogP contribution in [0.25, 0.3) is 11.3 Å². The molecule has 6 nitrogen and oxygen atoms in total. The van der Waals surface area contributed by atoms with Crippen molar-refractivity contribution in [1.29, 1.82) is 0 Å². The number of carbonyl (C=O) groups excluding carboxylic acids is 2. The number of aromatic amines is 1. The van der Waals surface area contributed by atoms with E-state index in [0.29, 0.717) is 40.7 Å². The van der Waals surface area contributed by atoms with Gasteiger partial charge in [0.25, 0.3) is 5.91 Å². The van der Waals surface area contributed by atoms with E-state index in [0.717, 1.165) is 16.5 Å². The SMILES string of the molecule is CCC(C)CNC(=O)c1cc(C(=O)c2c(-c3ccc(Br)cc3)noc2C)c[nH]1. The van der Waals surface area contributed by atoms with E-state index >= 15 is 0 Å². The standard InChI is InChI=1S/C21H22BrN3O3/c1-4-12(2)10-24-21(27)17-9-15(11-23-17)20(26)18-13(3)28-25-19(18)14-5-7-16(22)8-6-14/h5-9,11-12,23H,4,10H2,1-3H3,(H,24,27). The molecule has 7 heteroatoms. The zero-order valence-corrected chi connectivity index (χ0v) is 17.6. The summed E-state index contributed by atoms with van der Waals surface area (Å²) in [6, 6.07) is 9.05. The molecule has 0 spiro atoms. The Morgan fingerprint density at radius 3 is 2.68 bits per heavy atom. The van der Waals surface area contributed by atoms with Gasteiger partial charge in [-0.25, -0.2) is 0 Å². The molecule has 3 aromatic rings. The number of amides is 1. The molecular formula is C21H22BrN3O3. The third-order valence-electron chi connectivity index (χ3n) is 4.71. The number of hydrogen-bond donors (Lipinski definition) is 2. The molecular weight excluding hydrogens is 422 g/mol. The molecule has 1 amide bonds. The van der Waals surface area contributed by atoms with Gasteiger partial charge >= 0.3 is 0 Å². The van der Waals surface area contributed by atoms with Crippen LogP contribution in [0, 0.1) is 12.8 Å². The molecule has 2 N–H and O–H groups in total. The lowest BCUT2D eigenvalue weighted by Gasteiger charge is -2.08. The van der Waals surface area contributed by atoms with Crippen molar-refractivity contribution in [2.75, 3.05) is 6.54 Å². The zero-order valence-electron chi connectivity index (χ0n) is 16.0. The minimum absolute atomic E-state index is 0.227. The fourth-order valence-electron chi connectivity index (χ4n) is 2.75. The Kier molecular flexibility index (Phi) is 6.14. The quantitative estimate of drug-likeness (QED) is 0.515. The first-order valence-electron chi connectivity index (χ1n) is 9.14. The largest absolute Gasteiger partial charge is 0.360 e. The van der Waals surface area contributed by atoms with Gasteiger partial charge in [-0.15, -0.1) is 0 Å². The van der Waals surface area contributed by atoms with Gasteiger partial charge in [0.05, 0.1) is 5.56 Å². The van der Waals surface area contributed by atoms with Crippen LogP contribution in [0.3, 0.4) is 0 Å². The maximum absolute atomic E-state index is 13.1. The minimum atomic E-state index is -0.242.